The van der Waals surface area contributed by atoms with Gasteiger partial charge in [0.2, 0.25) is 0 Å². The molecule has 0 aromatic heterocycles. The highest BCUT2D eigenvalue weighted by molar-refractivity contribution is 6.00. The van der Waals surface area contributed by atoms with Crippen LogP contribution in [0.15, 0.2) is 36.4 Å². The maximum absolute atomic E-state index is 11.3. The van der Waals surface area contributed by atoms with Crippen LogP contribution in [0.25, 0.3) is 10.8 Å². The van der Waals surface area contributed by atoms with E-state index in [9.17, 15) is 9.90 Å². The Balaban J connectivity index is 2.26. The minimum absolute atomic E-state index is 0.378. The predicted octanol–water partition coefficient (Wildman–Crippen LogP) is 3.19. The number of fused-ring (bicyclic) bond motifs is 1. The zero-order valence-corrected chi connectivity index (χ0v) is 11.2. The first kappa shape index (κ1) is 13.6. The van der Waals surface area contributed by atoms with E-state index in [-0.39, 0.29) is 0 Å². The molecule has 0 unspecified atom stereocenters. The van der Waals surface area contributed by atoms with Crippen LogP contribution in [0.2, 0.25) is 0 Å². The molecular formula is C16H18O3. The summed E-state index contributed by atoms with van der Waals surface area (Å²) in [7, 11) is 0. The maximum atomic E-state index is 11.3. The first-order chi connectivity index (χ1) is 9.01. The van der Waals surface area contributed by atoms with Crippen LogP contribution in [0.1, 0.15) is 30.6 Å². The molecule has 0 saturated carbocycles. The molecule has 0 spiro atoms. The van der Waals surface area contributed by atoms with Crippen molar-refractivity contribution in [1.82, 2.24) is 0 Å². The van der Waals surface area contributed by atoms with Gasteiger partial charge in [0.25, 0.3) is 0 Å². The zero-order valence-electron chi connectivity index (χ0n) is 11.2. The molecule has 0 fully saturated rings. The maximum Gasteiger partial charge on any atom is 0.154 e. The lowest BCUT2D eigenvalue weighted by atomic mass is 10.0. The molecule has 0 aliphatic rings. The van der Waals surface area contributed by atoms with Gasteiger partial charge in [-0.05, 0) is 30.7 Å². The van der Waals surface area contributed by atoms with Crippen LogP contribution in [-0.4, -0.2) is 23.6 Å². The van der Waals surface area contributed by atoms with Gasteiger partial charge in [-0.3, -0.25) is 4.79 Å². The number of aldehydes is 1. The van der Waals surface area contributed by atoms with E-state index in [1.165, 1.54) is 0 Å². The monoisotopic (exact) mass is 258 g/mol. The molecule has 2 rings (SSSR count). The van der Waals surface area contributed by atoms with Crippen molar-refractivity contribution >= 4 is 17.1 Å². The molecule has 0 amide bonds. The lowest BCUT2D eigenvalue weighted by Crippen LogP contribution is -2.22. The Morgan fingerprint density at radius 1 is 1.21 bits per heavy atom. The fraction of sp³-hybridized carbons (Fsp3) is 0.312. The summed E-state index contributed by atoms with van der Waals surface area (Å²) in [5, 5.41) is 11.5. The number of hydrogen-bond acceptors (Lipinski definition) is 3. The molecule has 2 aromatic carbocycles. The molecule has 0 saturated heterocycles. The molecule has 0 atom stereocenters. The van der Waals surface area contributed by atoms with Crippen LogP contribution in [0, 0.1) is 0 Å². The van der Waals surface area contributed by atoms with Crippen molar-refractivity contribution in [3.63, 3.8) is 0 Å². The van der Waals surface area contributed by atoms with Crippen molar-refractivity contribution in [2.45, 2.75) is 25.9 Å². The summed E-state index contributed by atoms with van der Waals surface area (Å²) in [6.07, 6.45) is 1.33. The molecule has 0 heterocycles. The lowest BCUT2D eigenvalue weighted by molar-refractivity contribution is 0.0553. The van der Waals surface area contributed by atoms with E-state index < -0.39 is 5.60 Å². The fourth-order valence-corrected chi connectivity index (χ4v) is 1.93. The highest BCUT2D eigenvalue weighted by Crippen LogP contribution is 2.27. The summed E-state index contributed by atoms with van der Waals surface area (Å²) in [6.45, 7) is 3.84. The number of aliphatic hydroxyl groups is 1. The SMILES string of the molecule is CC(C)(O)CCOc1ccc2ccccc2c1C=O. The Morgan fingerprint density at radius 2 is 1.95 bits per heavy atom. The van der Waals surface area contributed by atoms with Gasteiger partial charge < -0.3 is 9.84 Å². The van der Waals surface area contributed by atoms with Gasteiger partial charge in [0, 0.05) is 6.42 Å². The second-order valence-corrected chi connectivity index (χ2v) is 5.23. The third-order valence-corrected chi connectivity index (χ3v) is 3.02. The number of benzene rings is 2. The second-order valence-electron chi connectivity index (χ2n) is 5.23. The van der Waals surface area contributed by atoms with Crippen LogP contribution in [-0.2, 0) is 0 Å². The van der Waals surface area contributed by atoms with Gasteiger partial charge in [0.05, 0.1) is 17.8 Å². The van der Waals surface area contributed by atoms with Gasteiger partial charge >= 0.3 is 0 Å². The standard InChI is InChI=1S/C16H18O3/c1-16(2,18)9-10-19-15-8-7-12-5-3-4-6-13(12)14(15)11-17/h3-8,11,18H,9-10H2,1-2H3. The first-order valence-electron chi connectivity index (χ1n) is 6.33. The van der Waals surface area contributed by atoms with Crippen molar-refractivity contribution in [2.24, 2.45) is 0 Å². The third-order valence-electron chi connectivity index (χ3n) is 3.02. The highest BCUT2D eigenvalue weighted by atomic mass is 16.5. The normalized spacial score (nSPS) is 11.5. The van der Waals surface area contributed by atoms with Crippen LogP contribution < -0.4 is 4.74 Å². The summed E-state index contributed by atoms with van der Waals surface area (Å²) < 4.78 is 5.62. The van der Waals surface area contributed by atoms with Crippen LogP contribution >= 0.6 is 0 Å². The average molecular weight is 258 g/mol. The van der Waals surface area contributed by atoms with Crippen molar-refractivity contribution in [2.75, 3.05) is 6.61 Å². The third kappa shape index (κ3) is 3.32. The molecule has 1 N–H and O–H groups in total. The number of rotatable bonds is 5. The van der Waals surface area contributed by atoms with Crippen molar-refractivity contribution in [3.05, 3.63) is 42.0 Å². The van der Waals surface area contributed by atoms with Gasteiger partial charge in [-0.15, -0.1) is 0 Å². The Labute approximate surface area is 112 Å². The van der Waals surface area contributed by atoms with Gasteiger partial charge in [-0.1, -0.05) is 30.3 Å². The first-order valence-corrected chi connectivity index (χ1v) is 6.33. The zero-order chi connectivity index (χ0) is 13.9. The Morgan fingerprint density at radius 3 is 2.63 bits per heavy atom. The largest absolute Gasteiger partial charge is 0.493 e. The lowest BCUT2D eigenvalue weighted by Gasteiger charge is -2.18. The van der Waals surface area contributed by atoms with Gasteiger partial charge in [0.15, 0.2) is 6.29 Å². The molecule has 3 heteroatoms. The smallest absolute Gasteiger partial charge is 0.154 e. The molecule has 0 aliphatic carbocycles. The number of ether oxygens (including phenoxy) is 1. The summed E-state index contributed by atoms with van der Waals surface area (Å²) in [5.41, 5.74) is -0.202. The van der Waals surface area contributed by atoms with Crippen LogP contribution in [0.3, 0.4) is 0 Å². The molecule has 19 heavy (non-hydrogen) atoms. The molecule has 0 radical (unpaired) electrons. The summed E-state index contributed by atoms with van der Waals surface area (Å²) in [6, 6.07) is 11.4. The van der Waals surface area contributed by atoms with E-state index in [0.29, 0.717) is 24.3 Å². The van der Waals surface area contributed by atoms with Crippen LogP contribution in [0.5, 0.6) is 5.75 Å². The van der Waals surface area contributed by atoms with E-state index in [2.05, 4.69) is 0 Å². The molecule has 0 aliphatic heterocycles. The number of carbonyl (C=O) groups excluding carboxylic acids is 1. The number of carbonyl (C=O) groups is 1. The minimum atomic E-state index is -0.766. The summed E-state index contributed by atoms with van der Waals surface area (Å²) in [4.78, 5) is 11.3. The fourth-order valence-electron chi connectivity index (χ4n) is 1.93. The molecule has 0 bridgehead atoms. The molecule has 100 valence electrons. The van der Waals surface area contributed by atoms with Crippen LogP contribution in [0.4, 0.5) is 0 Å². The van der Waals surface area contributed by atoms with Gasteiger partial charge in [-0.25, -0.2) is 0 Å². The van der Waals surface area contributed by atoms with E-state index in [1.807, 2.05) is 30.3 Å². The summed E-state index contributed by atoms with van der Waals surface area (Å²) in [5.74, 6) is 0.568. The van der Waals surface area contributed by atoms with Crippen molar-refractivity contribution < 1.29 is 14.6 Å². The van der Waals surface area contributed by atoms with E-state index in [1.54, 1.807) is 19.9 Å². The highest BCUT2D eigenvalue weighted by Gasteiger charge is 2.13. The molecule has 2 aromatic rings. The van der Waals surface area contributed by atoms with Crippen molar-refractivity contribution in [1.29, 1.82) is 0 Å². The Hall–Kier alpha value is -1.87. The Bertz CT molecular complexity index is 582. The number of hydrogen-bond donors (Lipinski definition) is 1. The topological polar surface area (TPSA) is 46.5 Å². The van der Waals surface area contributed by atoms with E-state index >= 15 is 0 Å². The quantitative estimate of drug-likeness (QED) is 0.838. The minimum Gasteiger partial charge on any atom is -0.493 e. The van der Waals surface area contributed by atoms with Gasteiger partial charge in [-0.2, -0.15) is 0 Å². The van der Waals surface area contributed by atoms with Crippen molar-refractivity contribution in [3.8, 4) is 5.75 Å². The van der Waals surface area contributed by atoms with E-state index in [0.717, 1.165) is 17.1 Å². The van der Waals surface area contributed by atoms with E-state index in [4.69, 9.17) is 4.74 Å². The second kappa shape index (κ2) is 5.41. The molecular weight excluding hydrogens is 240 g/mol. The Kier molecular flexibility index (Phi) is 3.86. The summed E-state index contributed by atoms with van der Waals surface area (Å²) >= 11 is 0. The van der Waals surface area contributed by atoms with Gasteiger partial charge in [0.1, 0.15) is 5.75 Å². The predicted molar refractivity (Wildman–Crippen MR) is 75.7 cm³/mol. The average Bonchev–Trinajstić information content (AvgIpc) is 2.37. The molecule has 3 nitrogen and oxygen atoms in total.